The van der Waals surface area contributed by atoms with E-state index in [1.807, 2.05) is 0 Å². The molecule has 0 saturated heterocycles. The lowest BCUT2D eigenvalue weighted by atomic mass is 10.3. The number of nitrogens with zero attached hydrogens (tertiary/aromatic N) is 2. The van der Waals surface area contributed by atoms with Gasteiger partial charge in [0.05, 0.1) is 0 Å². The van der Waals surface area contributed by atoms with Crippen LogP contribution in [0.4, 0.5) is 13.2 Å². The van der Waals surface area contributed by atoms with Crippen molar-refractivity contribution in [3.8, 4) is 0 Å². The van der Waals surface area contributed by atoms with Crippen LogP contribution in [0.3, 0.4) is 0 Å². The smallest absolute Gasteiger partial charge is 0.406 e. The molecule has 0 aliphatic rings. The number of alkyl halides is 3. The first-order valence-electron chi connectivity index (χ1n) is 4.88. The van der Waals surface area contributed by atoms with Gasteiger partial charge in [-0.05, 0) is 28.1 Å². The largest absolute Gasteiger partial charge is 0.480 e. The third kappa shape index (κ3) is 5.25. The Bertz CT molecular complexity index is 476. The summed E-state index contributed by atoms with van der Waals surface area (Å²) in [5, 5.41) is 8.53. The number of carboxylic acids is 1. The van der Waals surface area contributed by atoms with Gasteiger partial charge in [0, 0.05) is 10.7 Å². The zero-order valence-corrected chi connectivity index (χ0v) is 10.9. The van der Waals surface area contributed by atoms with Gasteiger partial charge in [-0.25, -0.2) is 4.98 Å². The standard InChI is InChI=1S/C10H8BrF3N2O3/c11-6-1-2-7(15-3-6)9(19)16(4-8(17)18)5-10(12,13)14/h1-3H,4-5H2,(H,17,18). The molecule has 1 heterocycles. The van der Waals surface area contributed by atoms with Gasteiger partial charge in [-0.15, -0.1) is 0 Å². The Kier molecular flexibility index (Phi) is 4.87. The van der Waals surface area contributed by atoms with Crippen LogP contribution >= 0.6 is 15.9 Å². The fraction of sp³-hybridized carbons (Fsp3) is 0.300. The molecule has 1 aromatic rings. The van der Waals surface area contributed by atoms with E-state index < -0.39 is 31.1 Å². The number of carbonyl (C=O) groups excluding carboxylic acids is 1. The second-order valence-electron chi connectivity index (χ2n) is 3.53. The monoisotopic (exact) mass is 340 g/mol. The fourth-order valence-electron chi connectivity index (χ4n) is 1.24. The van der Waals surface area contributed by atoms with E-state index in [1.54, 1.807) is 0 Å². The van der Waals surface area contributed by atoms with Gasteiger partial charge in [0.1, 0.15) is 18.8 Å². The summed E-state index contributed by atoms with van der Waals surface area (Å²) >= 11 is 3.06. The van der Waals surface area contributed by atoms with E-state index in [0.29, 0.717) is 4.47 Å². The Morgan fingerprint density at radius 2 is 2.00 bits per heavy atom. The molecule has 5 nitrogen and oxygen atoms in total. The third-order valence-electron chi connectivity index (χ3n) is 1.93. The zero-order chi connectivity index (χ0) is 14.6. The predicted molar refractivity (Wildman–Crippen MR) is 61.5 cm³/mol. The maximum atomic E-state index is 12.3. The van der Waals surface area contributed by atoms with E-state index in [0.717, 1.165) is 0 Å². The molecule has 0 fully saturated rings. The number of carboxylic acid groups (broad SMARTS) is 1. The van der Waals surface area contributed by atoms with Gasteiger partial charge in [-0.2, -0.15) is 13.2 Å². The van der Waals surface area contributed by atoms with Crippen molar-refractivity contribution in [3.05, 3.63) is 28.5 Å². The van der Waals surface area contributed by atoms with Crippen molar-refractivity contribution in [2.75, 3.05) is 13.1 Å². The number of aromatic nitrogens is 1. The molecule has 0 aliphatic carbocycles. The SMILES string of the molecule is O=C(O)CN(CC(F)(F)F)C(=O)c1ccc(Br)cn1. The average Bonchev–Trinajstić information content (AvgIpc) is 2.25. The molecule has 0 aromatic carbocycles. The molecular weight excluding hydrogens is 333 g/mol. The summed E-state index contributed by atoms with van der Waals surface area (Å²) in [6, 6.07) is 2.63. The lowest BCUT2D eigenvalue weighted by molar-refractivity contribution is -0.149. The van der Waals surface area contributed by atoms with Crippen LogP contribution in [-0.2, 0) is 4.79 Å². The number of aliphatic carboxylic acids is 1. The minimum atomic E-state index is -4.68. The van der Waals surface area contributed by atoms with Crippen LogP contribution in [0.1, 0.15) is 10.5 Å². The number of halogens is 4. The van der Waals surface area contributed by atoms with Gasteiger partial charge < -0.3 is 10.0 Å². The van der Waals surface area contributed by atoms with Crippen LogP contribution in [-0.4, -0.2) is 46.1 Å². The highest BCUT2D eigenvalue weighted by atomic mass is 79.9. The molecule has 0 saturated carbocycles. The third-order valence-corrected chi connectivity index (χ3v) is 2.40. The topological polar surface area (TPSA) is 70.5 Å². The van der Waals surface area contributed by atoms with Crippen molar-refractivity contribution in [1.82, 2.24) is 9.88 Å². The highest BCUT2D eigenvalue weighted by molar-refractivity contribution is 9.10. The Morgan fingerprint density at radius 3 is 2.42 bits per heavy atom. The van der Waals surface area contributed by atoms with Crippen molar-refractivity contribution in [1.29, 1.82) is 0 Å². The highest BCUT2D eigenvalue weighted by Gasteiger charge is 2.34. The predicted octanol–water partition coefficient (Wildman–Crippen LogP) is 1.93. The second-order valence-corrected chi connectivity index (χ2v) is 4.45. The molecule has 0 spiro atoms. The summed E-state index contributed by atoms with van der Waals surface area (Å²) in [6.07, 6.45) is -3.44. The van der Waals surface area contributed by atoms with E-state index in [1.165, 1.54) is 18.3 Å². The van der Waals surface area contributed by atoms with Crippen molar-refractivity contribution in [3.63, 3.8) is 0 Å². The van der Waals surface area contributed by atoms with Crippen molar-refractivity contribution < 1.29 is 27.9 Å². The molecule has 0 atom stereocenters. The van der Waals surface area contributed by atoms with Gasteiger partial charge in [-0.1, -0.05) is 0 Å². The minimum absolute atomic E-state index is 0.179. The number of rotatable bonds is 4. The maximum Gasteiger partial charge on any atom is 0.406 e. The summed E-state index contributed by atoms with van der Waals surface area (Å²) in [6.45, 7) is -2.69. The number of amides is 1. The van der Waals surface area contributed by atoms with Crippen LogP contribution in [0.25, 0.3) is 0 Å². The van der Waals surface area contributed by atoms with E-state index in [4.69, 9.17) is 5.11 Å². The molecule has 19 heavy (non-hydrogen) atoms. The molecule has 1 N–H and O–H groups in total. The molecule has 9 heteroatoms. The Morgan fingerprint density at radius 1 is 1.37 bits per heavy atom. The van der Waals surface area contributed by atoms with Crippen LogP contribution in [0.15, 0.2) is 22.8 Å². The van der Waals surface area contributed by atoms with E-state index >= 15 is 0 Å². The quantitative estimate of drug-likeness (QED) is 0.909. The Balaban J connectivity index is 2.93. The first-order chi connectivity index (χ1) is 8.69. The summed E-state index contributed by atoms with van der Waals surface area (Å²) < 4.78 is 37.4. The molecule has 0 aliphatic heterocycles. The Labute approximate surface area is 114 Å². The molecule has 0 unspecified atom stereocenters. The van der Waals surface area contributed by atoms with Crippen molar-refractivity contribution in [2.45, 2.75) is 6.18 Å². The van der Waals surface area contributed by atoms with Crippen molar-refractivity contribution in [2.24, 2.45) is 0 Å². The van der Waals surface area contributed by atoms with Crippen LogP contribution in [0.5, 0.6) is 0 Å². The van der Waals surface area contributed by atoms with Crippen LogP contribution < -0.4 is 0 Å². The molecule has 1 amide bonds. The lowest BCUT2D eigenvalue weighted by Gasteiger charge is -2.21. The van der Waals surface area contributed by atoms with E-state index in [9.17, 15) is 22.8 Å². The molecule has 1 aromatic heterocycles. The molecule has 0 bridgehead atoms. The van der Waals surface area contributed by atoms with Gasteiger partial charge >= 0.3 is 12.1 Å². The van der Waals surface area contributed by atoms with Crippen LogP contribution in [0.2, 0.25) is 0 Å². The summed E-state index contributed by atoms with van der Waals surface area (Å²) in [7, 11) is 0. The maximum absolute atomic E-state index is 12.3. The summed E-state index contributed by atoms with van der Waals surface area (Å²) in [4.78, 5) is 26.1. The zero-order valence-electron chi connectivity index (χ0n) is 9.32. The molecule has 0 radical (unpaired) electrons. The van der Waals surface area contributed by atoms with Gasteiger partial charge in [0.25, 0.3) is 5.91 Å². The fourth-order valence-corrected chi connectivity index (χ4v) is 1.48. The lowest BCUT2D eigenvalue weighted by Crippen LogP contribution is -2.42. The number of hydrogen-bond acceptors (Lipinski definition) is 3. The van der Waals surface area contributed by atoms with Gasteiger partial charge in [-0.3, -0.25) is 9.59 Å². The Hall–Kier alpha value is -1.64. The van der Waals surface area contributed by atoms with Crippen LogP contribution in [0, 0.1) is 0 Å². The number of pyridine rings is 1. The summed E-state index contributed by atoms with van der Waals surface area (Å²) in [5.41, 5.74) is -0.256. The highest BCUT2D eigenvalue weighted by Crippen LogP contribution is 2.18. The molecule has 1 rings (SSSR count). The normalized spacial score (nSPS) is 11.2. The summed E-state index contributed by atoms with van der Waals surface area (Å²) in [5.74, 6) is -2.62. The molecule has 104 valence electrons. The number of carbonyl (C=O) groups is 2. The average molecular weight is 341 g/mol. The van der Waals surface area contributed by atoms with E-state index in [-0.39, 0.29) is 10.6 Å². The molecular formula is C10H8BrF3N2O3. The minimum Gasteiger partial charge on any atom is -0.480 e. The first kappa shape index (κ1) is 15.4. The second kappa shape index (κ2) is 6.00. The van der Waals surface area contributed by atoms with Gasteiger partial charge in [0.2, 0.25) is 0 Å². The van der Waals surface area contributed by atoms with E-state index in [2.05, 4.69) is 20.9 Å². The van der Waals surface area contributed by atoms with Crippen molar-refractivity contribution >= 4 is 27.8 Å². The first-order valence-corrected chi connectivity index (χ1v) is 5.68. The number of hydrogen-bond donors (Lipinski definition) is 1. The van der Waals surface area contributed by atoms with Gasteiger partial charge in [0.15, 0.2) is 0 Å².